The Morgan fingerprint density at radius 2 is 1.00 bits per heavy atom. The summed E-state index contributed by atoms with van der Waals surface area (Å²) in [6, 6.07) is 0. The smallest absolute Gasteiger partial charge is 0.114 e. The van der Waals surface area contributed by atoms with Gasteiger partial charge < -0.3 is 30.3 Å². The quantitative estimate of drug-likeness (QED) is 0.301. The minimum Gasteiger partial charge on any atom is -0.387 e. The van der Waals surface area contributed by atoms with Gasteiger partial charge in [-0.1, -0.05) is 0 Å². The van der Waals surface area contributed by atoms with Crippen molar-refractivity contribution in [3.8, 4) is 0 Å². The SMILES string of the molecule is COC1[C@@H](O)[C@@H](O)C(O)[C@H](O)[C@@H]1O. The van der Waals surface area contributed by atoms with E-state index in [1.807, 2.05) is 0 Å². The fraction of sp³-hybridized carbons (Fsp3) is 1.00. The van der Waals surface area contributed by atoms with Crippen LogP contribution in [0.4, 0.5) is 0 Å². The largest absolute Gasteiger partial charge is 0.387 e. The van der Waals surface area contributed by atoms with E-state index in [0.717, 1.165) is 0 Å². The number of aliphatic hydroxyl groups excluding tert-OH is 5. The summed E-state index contributed by atoms with van der Waals surface area (Å²) in [6.07, 6.45) is -8.48. The number of aliphatic hydroxyl groups is 5. The monoisotopic (exact) mass is 194 g/mol. The summed E-state index contributed by atoms with van der Waals surface area (Å²) in [5.74, 6) is 0. The first-order valence-corrected chi connectivity index (χ1v) is 3.93. The molecule has 4 atom stereocenters. The van der Waals surface area contributed by atoms with Crippen LogP contribution in [0.2, 0.25) is 0 Å². The number of ether oxygens (including phenoxy) is 1. The standard InChI is InChI=1S/C7H14O6/c1-13-7-5(11)3(9)2(8)4(10)6(7)12/h2-12H,1H3/t2?,3-,4-,5-,6-,7?/m0/s1. The van der Waals surface area contributed by atoms with Gasteiger partial charge in [0.1, 0.15) is 36.6 Å². The fourth-order valence-corrected chi connectivity index (χ4v) is 1.48. The van der Waals surface area contributed by atoms with Crippen molar-refractivity contribution in [2.24, 2.45) is 0 Å². The molecule has 0 aliphatic heterocycles. The fourth-order valence-electron chi connectivity index (χ4n) is 1.48. The molecule has 0 aromatic rings. The van der Waals surface area contributed by atoms with Crippen LogP contribution in [0.5, 0.6) is 0 Å². The van der Waals surface area contributed by atoms with Crippen LogP contribution in [-0.2, 0) is 4.74 Å². The minimum atomic E-state index is -1.56. The third-order valence-corrected chi connectivity index (χ3v) is 2.35. The zero-order valence-electron chi connectivity index (χ0n) is 7.11. The van der Waals surface area contributed by atoms with Gasteiger partial charge in [-0.05, 0) is 0 Å². The van der Waals surface area contributed by atoms with Crippen molar-refractivity contribution in [2.45, 2.75) is 36.6 Å². The molecule has 6 nitrogen and oxygen atoms in total. The zero-order valence-corrected chi connectivity index (χ0v) is 7.11. The molecule has 0 amide bonds. The number of hydrogen-bond acceptors (Lipinski definition) is 6. The van der Waals surface area contributed by atoms with Gasteiger partial charge >= 0.3 is 0 Å². The first-order chi connectivity index (χ1) is 6.00. The topological polar surface area (TPSA) is 110 Å². The van der Waals surface area contributed by atoms with E-state index in [9.17, 15) is 20.4 Å². The highest BCUT2D eigenvalue weighted by Crippen LogP contribution is 2.23. The normalized spacial score (nSPS) is 52.2. The zero-order chi connectivity index (χ0) is 10.2. The van der Waals surface area contributed by atoms with Gasteiger partial charge in [0, 0.05) is 7.11 Å². The maximum Gasteiger partial charge on any atom is 0.114 e. The van der Waals surface area contributed by atoms with Gasteiger partial charge in [-0.2, -0.15) is 0 Å². The molecule has 0 radical (unpaired) electrons. The Hall–Kier alpha value is -0.240. The second kappa shape index (κ2) is 3.87. The van der Waals surface area contributed by atoms with Crippen LogP contribution in [0.1, 0.15) is 0 Å². The molecule has 0 spiro atoms. The predicted molar refractivity (Wildman–Crippen MR) is 40.8 cm³/mol. The molecule has 6 heteroatoms. The van der Waals surface area contributed by atoms with Gasteiger partial charge in [0.15, 0.2) is 0 Å². The Morgan fingerprint density at radius 1 is 0.692 bits per heavy atom. The van der Waals surface area contributed by atoms with Gasteiger partial charge in [-0.15, -0.1) is 0 Å². The van der Waals surface area contributed by atoms with Crippen LogP contribution >= 0.6 is 0 Å². The molecule has 78 valence electrons. The lowest BCUT2D eigenvalue weighted by Gasteiger charge is -2.40. The highest BCUT2D eigenvalue weighted by Gasteiger charge is 2.48. The van der Waals surface area contributed by atoms with Crippen molar-refractivity contribution in [3.05, 3.63) is 0 Å². The van der Waals surface area contributed by atoms with Crippen LogP contribution in [-0.4, -0.2) is 69.3 Å². The summed E-state index contributed by atoms with van der Waals surface area (Å²) in [7, 11) is 1.23. The predicted octanol–water partition coefficient (Wildman–Crippen LogP) is -3.18. The van der Waals surface area contributed by atoms with Crippen molar-refractivity contribution in [2.75, 3.05) is 7.11 Å². The Morgan fingerprint density at radius 3 is 1.31 bits per heavy atom. The van der Waals surface area contributed by atoms with Crippen molar-refractivity contribution < 1.29 is 30.3 Å². The second-order valence-electron chi connectivity index (χ2n) is 3.15. The summed E-state index contributed by atoms with van der Waals surface area (Å²) in [5, 5.41) is 46.1. The van der Waals surface area contributed by atoms with E-state index in [0.29, 0.717) is 0 Å². The van der Waals surface area contributed by atoms with E-state index >= 15 is 0 Å². The molecule has 0 unspecified atom stereocenters. The Kier molecular flexibility index (Phi) is 3.23. The third-order valence-electron chi connectivity index (χ3n) is 2.35. The molecule has 0 bridgehead atoms. The Balaban J connectivity index is 2.79. The maximum absolute atomic E-state index is 9.29. The van der Waals surface area contributed by atoms with Crippen LogP contribution in [0.3, 0.4) is 0 Å². The lowest BCUT2D eigenvalue weighted by molar-refractivity contribution is -0.229. The van der Waals surface area contributed by atoms with Gasteiger partial charge in [0.05, 0.1) is 0 Å². The van der Waals surface area contributed by atoms with Crippen molar-refractivity contribution in [3.63, 3.8) is 0 Å². The van der Waals surface area contributed by atoms with E-state index in [1.54, 1.807) is 0 Å². The summed E-state index contributed by atoms with van der Waals surface area (Å²) in [4.78, 5) is 0. The maximum atomic E-state index is 9.29. The lowest BCUT2D eigenvalue weighted by atomic mass is 9.85. The Labute approximate surface area is 75.0 Å². The molecule has 0 aromatic heterocycles. The summed E-state index contributed by atoms with van der Waals surface area (Å²) in [6.45, 7) is 0. The second-order valence-corrected chi connectivity index (χ2v) is 3.15. The molecule has 1 rings (SSSR count). The van der Waals surface area contributed by atoms with E-state index in [-0.39, 0.29) is 0 Å². The summed E-state index contributed by atoms with van der Waals surface area (Å²) >= 11 is 0. The van der Waals surface area contributed by atoms with E-state index in [1.165, 1.54) is 7.11 Å². The molecule has 0 saturated heterocycles. The lowest BCUT2D eigenvalue weighted by Crippen LogP contribution is -2.64. The first kappa shape index (κ1) is 10.8. The van der Waals surface area contributed by atoms with Crippen molar-refractivity contribution in [1.82, 2.24) is 0 Å². The molecule has 13 heavy (non-hydrogen) atoms. The number of rotatable bonds is 1. The van der Waals surface area contributed by atoms with Crippen LogP contribution in [0, 0.1) is 0 Å². The average molecular weight is 194 g/mol. The molecular formula is C7H14O6. The third kappa shape index (κ3) is 1.69. The molecule has 1 aliphatic carbocycles. The highest BCUT2D eigenvalue weighted by atomic mass is 16.5. The van der Waals surface area contributed by atoms with Crippen LogP contribution < -0.4 is 0 Å². The molecule has 0 heterocycles. The first-order valence-electron chi connectivity index (χ1n) is 3.93. The minimum absolute atomic E-state index is 1.09. The van der Waals surface area contributed by atoms with Gasteiger partial charge in [-0.25, -0.2) is 0 Å². The number of hydrogen-bond donors (Lipinski definition) is 5. The molecule has 0 aromatic carbocycles. The van der Waals surface area contributed by atoms with E-state index < -0.39 is 36.6 Å². The summed E-state index contributed by atoms with van der Waals surface area (Å²) in [5.41, 5.74) is 0. The van der Waals surface area contributed by atoms with E-state index in [4.69, 9.17) is 5.11 Å². The van der Waals surface area contributed by atoms with Crippen LogP contribution in [0.25, 0.3) is 0 Å². The van der Waals surface area contributed by atoms with Gasteiger partial charge in [-0.3, -0.25) is 0 Å². The molecule has 5 N–H and O–H groups in total. The van der Waals surface area contributed by atoms with E-state index in [2.05, 4.69) is 4.74 Å². The van der Waals surface area contributed by atoms with Gasteiger partial charge in [0.2, 0.25) is 0 Å². The molecule has 1 aliphatic rings. The van der Waals surface area contributed by atoms with Crippen LogP contribution in [0.15, 0.2) is 0 Å². The molecule has 1 fully saturated rings. The van der Waals surface area contributed by atoms with Gasteiger partial charge in [0.25, 0.3) is 0 Å². The summed E-state index contributed by atoms with van der Waals surface area (Å²) < 4.78 is 4.67. The van der Waals surface area contributed by atoms with Crippen molar-refractivity contribution >= 4 is 0 Å². The highest BCUT2D eigenvalue weighted by molar-refractivity contribution is 4.99. The average Bonchev–Trinajstić information content (AvgIpc) is 2.13. The molecular weight excluding hydrogens is 180 g/mol. The molecule has 1 saturated carbocycles. The Bertz CT molecular complexity index is 158. The number of methoxy groups -OCH3 is 1. The van der Waals surface area contributed by atoms with Crippen molar-refractivity contribution in [1.29, 1.82) is 0 Å².